The summed E-state index contributed by atoms with van der Waals surface area (Å²) in [4.78, 5) is 24.4. The molecule has 0 unspecified atom stereocenters. The van der Waals surface area contributed by atoms with Gasteiger partial charge in [-0.05, 0) is 18.2 Å². The van der Waals surface area contributed by atoms with Gasteiger partial charge in [-0.2, -0.15) is 4.31 Å². The molecule has 1 fully saturated rings. The summed E-state index contributed by atoms with van der Waals surface area (Å²) in [6, 6.07) is 11.7. The molecule has 0 spiro atoms. The lowest BCUT2D eigenvalue weighted by Crippen LogP contribution is -2.50. The molecule has 27 heavy (non-hydrogen) atoms. The van der Waals surface area contributed by atoms with Gasteiger partial charge in [0.2, 0.25) is 10.0 Å². The zero-order valence-electron chi connectivity index (χ0n) is 14.1. The molecule has 1 heterocycles. The average Bonchev–Trinajstić information content (AvgIpc) is 2.68. The second-order valence-electron chi connectivity index (χ2n) is 5.93. The van der Waals surface area contributed by atoms with Crippen LogP contribution in [0.1, 0.15) is 10.4 Å². The largest absolute Gasteiger partial charge is 0.336 e. The van der Waals surface area contributed by atoms with Crippen molar-refractivity contribution in [3.8, 4) is 0 Å². The Morgan fingerprint density at radius 1 is 1.04 bits per heavy atom. The van der Waals surface area contributed by atoms with Crippen LogP contribution in [-0.2, 0) is 10.0 Å². The predicted molar refractivity (Wildman–Crippen MR) is 99.2 cm³/mol. The summed E-state index contributed by atoms with van der Waals surface area (Å²) in [6.07, 6.45) is 0. The fourth-order valence-corrected chi connectivity index (χ4v) is 4.78. The van der Waals surface area contributed by atoms with Crippen molar-refractivity contribution >= 4 is 33.2 Å². The number of hydrogen-bond acceptors (Lipinski definition) is 5. The lowest BCUT2D eigenvalue weighted by atomic mass is 10.1. The second-order valence-corrected chi connectivity index (χ2v) is 8.25. The molecule has 0 radical (unpaired) electrons. The Hall–Kier alpha value is -2.49. The Balaban J connectivity index is 1.72. The van der Waals surface area contributed by atoms with Gasteiger partial charge in [-0.25, -0.2) is 8.42 Å². The van der Waals surface area contributed by atoms with Crippen LogP contribution in [0.2, 0.25) is 5.02 Å². The van der Waals surface area contributed by atoms with Gasteiger partial charge in [0.15, 0.2) is 0 Å². The minimum Gasteiger partial charge on any atom is -0.336 e. The topological polar surface area (TPSA) is 101 Å². The van der Waals surface area contributed by atoms with Crippen molar-refractivity contribution in [2.75, 3.05) is 26.2 Å². The van der Waals surface area contributed by atoms with Gasteiger partial charge in [-0.3, -0.25) is 14.9 Å². The molecule has 1 saturated heterocycles. The minimum absolute atomic E-state index is 0.0325. The Morgan fingerprint density at radius 3 is 2.33 bits per heavy atom. The fourth-order valence-electron chi connectivity index (χ4n) is 2.86. The number of benzene rings is 2. The molecule has 142 valence electrons. The van der Waals surface area contributed by atoms with Crippen LogP contribution in [0.5, 0.6) is 0 Å². The summed E-state index contributed by atoms with van der Waals surface area (Å²) in [5.41, 5.74) is 0.0346. The fraction of sp³-hybridized carbons (Fsp3) is 0.235. The third kappa shape index (κ3) is 3.95. The van der Waals surface area contributed by atoms with Gasteiger partial charge in [0, 0.05) is 43.9 Å². The van der Waals surface area contributed by atoms with Crippen molar-refractivity contribution in [3.63, 3.8) is 0 Å². The van der Waals surface area contributed by atoms with Gasteiger partial charge >= 0.3 is 0 Å². The zero-order chi connectivity index (χ0) is 19.6. The first-order valence-electron chi connectivity index (χ1n) is 8.09. The van der Waals surface area contributed by atoms with Gasteiger partial charge in [-0.1, -0.05) is 29.8 Å². The summed E-state index contributed by atoms with van der Waals surface area (Å²) in [5, 5.41) is 11.0. The first-order valence-corrected chi connectivity index (χ1v) is 9.91. The lowest BCUT2D eigenvalue weighted by molar-refractivity contribution is -0.384. The number of amides is 1. The van der Waals surface area contributed by atoms with Crippen LogP contribution in [0.25, 0.3) is 0 Å². The molecule has 2 aromatic carbocycles. The van der Waals surface area contributed by atoms with E-state index in [-0.39, 0.29) is 53.3 Å². The van der Waals surface area contributed by atoms with Crippen molar-refractivity contribution in [1.82, 2.24) is 9.21 Å². The predicted octanol–water partition coefficient (Wildman–Crippen LogP) is 2.39. The van der Waals surface area contributed by atoms with Gasteiger partial charge in [-0.15, -0.1) is 0 Å². The minimum atomic E-state index is -3.75. The maximum atomic E-state index is 12.7. The van der Waals surface area contributed by atoms with E-state index < -0.39 is 14.9 Å². The van der Waals surface area contributed by atoms with Crippen molar-refractivity contribution in [3.05, 3.63) is 69.2 Å². The first kappa shape index (κ1) is 19.3. The molecule has 2 aromatic rings. The van der Waals surface area contributed by atoms with E-state index in [1.165, 1.54) is 45.6 Å². The molecule has 1 aliphatic rings. The summed E-state index contributed by atoms with van der Waals surface area (Å²) >= 11 is 6.00. The monoisotopic (exact) mass is 409 g/mol. The van der Waals surface area contributed by atoms with Crippen LogP contribution in [0, 0.1) is 10.1 Å². The molecule has 0 aromatic heterocycles. The molecule has 0 saturated carbocycles. The van der Waals surface area contributed by atoms with Crippen LogP contribution in [0.4, 0.5) is 5.69 Å². The highest BCUT2D eigenvalue weighted by atomic mass is 35.5. The van der Waals surface area contributed by atoms with Gasteiger partial charge < -0.3 is 4.90 Å². The number of nitro groups is 1. The number of nitro benzene ring substituents is 1. The third-order valence-corrected chi connectivity index (χ3v) is 6.68. The molecular formula is C17H16ClN3O5S. The van der Waals surface area contributed by atoms with Gasteiger partial charge in [0.1, 0.15) is 4.90 Å². The number of rotatable bonds is 4. The highest BCUT2D eigenvalue weighted by Crippen LogP contribution is 2.25. The van der Waals surface area contributed by atoms with E-state index in [9.17, 15) is 23.3 Å². The Labute approximate surface area is 161 Å². The molecule has 10 heteroatoms. The van der Waals surface area contributed by atoms with Crippen molar-refractivity contribution in [1.29, 1.82) is 0 Å². The average molecular weight is 410 g/mol. The molecule has 0 N–H and O–H groups in total. The van der Waals surface area contributed by atoms with Gasteiger partial charge in [0.05, 0.1) is 9.95 Å². The Kier molecular flexibility index (Phi) is 5.45. The smallest absolute Gasteiger partial charge is 0.270 e. The highest BCUT2D eigenvalue weighted by Gasteiger charge is 2.31. The van der Waals surface area contributed by atoms with E-state index >= 15 is 0 Å². The molecule has 8 nitrogen and oxygen atoms in total. The summed E-state index contributed by atoms with van der Waals surface area (Å²) in [6.45, 7) is 0.610. The number of hydrogen-bond donors (Lipinski definition) is 0. The number of sulfonamides is 1. The van der Waals surface area contributed by atoms with E-state index in [4.69, 9.17) is 11.6 Å². The molecule has 0 atom stereocenters. The molecule has 3 rings (SSSR count). The molecular weight excluding hydrogens is 394 g/mol. The number of non-ortho nitro benzene ring substituents is 1. The lowest BCUT2D eigenvalue weighted by Gasteiger charge is -2.34. The standard InChI is InChI=1S/C17H16ClN3O5S/c18-15-6-1-2-7-16(15)27(25,26)20-10-8-19(9-11-20)17(22)13-4-3-5-14(12-13)21(23)24/h1-7,12H,8-11H2. The number of piperazine rings is 1. The highest BCUT2D eigenvalue weighted by molar-refractivity contribution is 7.89. The SMILES string of the molecule is O=C(c1cccc([N+](=O)[O-])c1)N1CCN(S(=O)(=O)c2ccccc2Cl)CC1. The number of nitrogens with zero attached hydrogens (tertiary/aromatic N) is 3. The third-order valence-electron chi connectivity index (χ3n) is 4.28. The van der Waals surface area contributed by atoms with Crippen molar-refractivity contribution in [2.45, 2.75) is 4.90 Å². The first-order chi connectivity index (χ1) is 12.8. The quantitative estimate of drug-likeness (QED) is 0.570. The maximum Gasteiger partial charge on any atom is 0.270 e. The molecule has 0 bridgehead atoms. The number of carbonyl (C=O) groups is 1. The van der Waals surface area contributed by atoms with Crippen LogP contribution < -0.4 is 0 Å². The van der Waals surface area contributed by atoms with E-state index in [2.05, 4.69) is 0 Å². The van der Waals surface area contributed by atoms with Crippen LogP contribution in [0.3, 0.4) is 0 Å². The Bertz CT molecular complexity index is 988. The van der Waals surface area contributed by atoms with E-state index in [1.807, 2.05) is 0 Å². The van der Waals surface area contributed by atoms with E-state index in [0.717, 1.165) is 0 Å². The molecule has 1 amide bonds. The number of carbonyl (C=O) groups excluding carboxylic acids is 1. The van der Waals surface area contributed by atoms with E-state index in [0.29, 0.717) is 0 Å². The van der Waals surface area contributed by atoms with Crippen molar-refractivity contribution in [2.24, 2.45) is 0 Å². The molecule has 0 aliphatic carbocycles. The summed E-state index contributed by atoms with van der Waals surface area (Å²) in [5.74, 6) is -0.367. The number of halogens is 1. The van der Waals surface area contributed by atoms with Crippen LogP contribution in [-0.4, -0.2) is 54.6 Å². The zero-order valence-corrected chi connectivity index (χ0v) is 15.7. The summed E-state index contributed by atoms with van der Waals surface area (Å²) in [7, 11) is -3.75. The van der Waals surface area contributed by atoms with Crippen molar-refractivity contribution < 1.29 is 18.1 Å². The van der Waals surface area contributed by atoms with Crippen LogP contribution in [0.15, 0.2) is 53.4 Å². The van der Waals surface area contributed by atoms with Gasteiger partial charge in [0.25, 0.3) is 11.6 Å². The Morgan fingerprint density at radius 2 is 1.70 bits per heavy atom. The molecule has 1 aliphatic heterocycles. The summed E-state index contributed by atoms with van der Waals surface area (Å²) < 4.78 is 26.8. The van der Waals surface area contributed by atoms with Crippen LogP contribution >= 0.6 is 11.6 Å². The van der Waals surface area contributed by atoms with E-state index in [1.54, 1.807) is 12.1 Å². The second kappa shape index (κ2) is 7.63. The normalized spacial score (nSPS) is 15.5. The maximum absolute atomic E-state index is 12.7.